The van der Waals surface area contributed by atoms with Gasteiger partial charge in [-0.05, 0) is 50.2 Å². The van der Waals surface area contributed by atoms with Crippen LogP contribution in [0, 0.1) is 5.92 Å². The van der Waals surface area contributed by atoms with Gasteiger partial charge in [0.25, 0.3) is 0 Å². The lowest BCUT2D eigenvalue weighted by Gasteiger charge is -2.26. The van der Waals surface area contributed by atoms with E-state index in [9.17, 15) is 9.59 Å². The number of aliphatic carboxylic acids is 1. The molecular formula is C19H27NO5. The summed E-state index contributed by atoms with van der Waals surface area (Å²) in [5.74, 6) is 0.571. The van der Waals surface area contributed by atoms with Gasteiger partial charge in [0.1, 0.15) is 11.5 Å². The molecule has 0 saturated heterocycles. The van der Waals surface area contributed by atoms with Crippen LogP contribution in [0.4, 0.5) is 0 Å². The predicted octanol–water partition coefficient (Wildman–Crippen LogP) is 2.79. The van der Waals surface area contributed by atoms with E-state index in [0.717, 1.165) is 42.7 Å². The van der Waals surface area contributed by atoms with Gasteiger partial charge in [0.05, 0.1) is 20.1 Å². The van der Waals surface area contributed by atoms with E-state index in [2.05, 4.69) is 5.32 Å². The Kier molecular flexibility index (Phi) is 7.10. The van der Waals surface area contributed by atoms with Crippen LogP contribution < -0.4 is 14.8 Å². The van der Waals surface area contributed by atoms with E-state index >= 15 is 0 Å². The number of hydrogen-bond acceptors (Lipinski definition) is 4. The molecule has 6 heteroatoms. The first-order valence-corrected chi connectivity index (χ1v) is 8.76. The monoisotopic (exact) mass is 349 g/mol. The molecule has 0 unspecified atom stereocenters. The van der Waals surface area contributed by atoms with E-state index in [1.165, 1.54) is 0 Å². The fraction of sp³-hybridized carbons (Fsp3) is 0.579. The lowest BCUT2D eigenvalue weighted by atomic mass is 9.86. The Labute approximate surface area is 148 Å². The van der Waals surface area contributed by atoms with Crippen LogP contribution in [-0.4, -0.2) is 37.2 Å². The summed E-state index contributed by atoms with van der Waals surface area (Å²) in [6, 6.07) is 5.80. The molecule has 25 heavy (non-hydrogen) atoms. The van der Waals surface area contributed by atoms with E-state index < -0.39 is 5.97 Å². The van der Waals surface area contributed by atoms with E-state index in [0.29, 0.717) is 19.3 Å². The predicted molar refractivity (Wildman–Crippen MR) is 94.0 cm³/mol. The zero-order valence-corrected chi connectivity index (χ0v) is 14.9. The third kappa shape index (κ3) is 5.66. The Morgan fingerprint density at radius 2 is 1.88 bits per heavy atom. The number of aryl methyl sites for hydroxylation is 1. The molecule has 2 N–H and O–H groups in total. The van der Waals surface area contributed by atoms with Crippen LogP contribution in [0.3, 0.4) is 0 Å². The number of nitrogens with one attached hydrogen (secondary N) is 1. The third-order valence-corrected chi connectivity index (χ3v) is 4.79. The van der Waals surface area contributed by atoms with E-state index in [4.69, 9.17) is 14.6 Å². The molecule has 1 amide bonds. The van der Waals surface area contributed by atoms with Crippen LogP contribution in [0.25, 0.3) is 0 Å². The van der Waals surface area contributed by atoms with Crippen molar-refractivity contribution in [2.24, 2.45) is 5.92 Å². The van der Waals surface area contributed by atoms with Gasteiger partial charge in [-0.3, -0.25) is 9.59 Å². The van der Waals surface area contributed by atoms with E-state index in [1.54, 1.807) is 14.2 Å². The quantitative estimate of drug-likeness (QED) is 0.754. The molecule has 0 aliphatic heterocycles. The highest BCUT2D eigenvalue weighted by Gasteiger charge is 2.26. The molecule has 1 aliphatic rings. The zero-order chi connectivity index (χ0) is 18.2. The molecule has 6 nitrogen and oxygen atoms in total. The van der Waals surface area contributed by atoms with Crippen LogP contribution in [0.1, 0.15) is 44.1 Å². The van der Waals surface area contributed by atoms with E-state index in [-0.39, 0.29) is 17.9 Å². The Balaban J connectivity index is 1.73. The molecule has 0 aromatic heterocycles. The minimum absolute atomic E-state index is 0.0336. The average Bonchev–Trinajstić information content (AvgIpc) is 2.62. The summed E-state index contributed by atoms with van der Waals surface area (Å²) in [6.45, 7) is 0. The largest absolute Gasteiger partial charge is 0.497 e. The fourth-order valence-electron chi connectivity index (χ4n) is 3.28. The molecule has 0 bridgehead atoms. The van der Waals surface area contributed by atoms with Crippen molar-refractivity contribution in [3.05, 3.63) is 23.8 Å². The number of methoxy groups -OCH3 is 2. The molecule has 1 saturated carbocycles. The zero-order valence-electron chi connectivity index (χ0n) is 14.9. The maximum absolute atomic E-state index is 12.1. The lowest BCUT2D eigenvalue weighted by Crippen LogP contribution is -2.38. The van der Waals surface area contributed by atoms with Gasteiger partial charge in [-0.1, -0.05) is 6.07 Å². The summed E-state index contributed by atoms with van der Waals surface area (Å²) in [4.78, 5) is 23.0. The van der Waals surface area contributed by atoms with Crippen LogP contribution >= 0.6 is 0 Å². The molecule has 0 atom stereocenters. The first-order chi connectivity index (χ1) is 12.0. The normalized spacial score (nSPS) is 19.9. The van der Waals surface area contributed by atoms with Crippen LogP contribution in [0.2, 0.25) is 0 Å². The minimum atomic E-state index is -0.724. The number of carbonyl (C=O) groups excluding carboxylic acids is 1. The molecule has 0 heterocycles. The van der Waals surface area contributed by atoms with Crippen LogP contribution in [-0.2, 0) is 16.0 Å². The molecule has 138 valence electrons. The Hall–Kier alpha value is -2.24. The summed E-state index contributed by atoms with van der Waals surface area (Å²) in [7, 11) is 3.24. The first kappa shape index (κ1) is 19.1. The Bertz CT molecular complexity index is 593. The maximum atomic E-state index is 12.1. The van der Waals surface area contributed by atoms with Gasteiger partial charge in [-0.15, -0.1) is 0 Å². The van der Waals surface area contributed by atoms with Crippen molar-refractivity contribution in [3.8, 4) is 11.5 Å². The minimum Gasteiger partial charge on any atom is -0.497 e. The van der Waals surface area contributed by atoms with Gasteiger partial charge < -0.3 is 19.9 Å². The van der Waals surface area contributed by atoms with Gasteiger partial charge in [0.15, 0.2) is 0 Å². The van der Waals surface area contributed by atoms with E-state index in [1.807, 2.05) is 18.2 Å². The average molecular weight is 349 g/mol. The van der Waals surface area contributed by atoms with Crippen molar-refractivity contribution in [2.75, 3.05) is 14.2 Å². The van der Waals surface area contributed by atoms with Crippen molar-refractivity contribution in [1.82, 2.24) is 5.32 Å². The third-order valence-electron chi connectivity index (χ3n) is 4.79. The molecule has 2 rings (SSSR count). The van der Waals surface area contributed by atoms with Crippen molar-refractivity contribution in [2.45, 2.75) is 51.0 Å². The maximum Gasteiger partial charge on any atom is 0.306 e. The second-order valence-corrected chi connectivity index (χ2v) is 6.49. The lowest BCUT2D eigenvalue weighted by molar-refractivity contribution is -0.142. The van der Waals surface area contributed by atoms with Crippen LogP contribution in [0.15, 0.2) is 18.2 Å². The Morgan fingerprint density at radius 3 is 2.48 bits per heavy atom. The molecular weight excluding hydrogens is 322 g/mol. The first-order valence-electron chi connectivity index (χ1n) is 8.76. The van der Waals surface area contributed by atoms with Gasteiger partial charge in [-0.2, -0.15) is 0 Å². The van der Waals surface area contributed by atoms with Crippen molar-refractivity contribution >= 4 is 11.9 Å². The highest BCUT2D eigenvalue weighted by atomic mass is 16.5. The van der Waals surface area contributed by atoms with Crippen LogP contribution in [0.5, 0.6) is 11.5 Å². The van der Waals surface area contributed by atoms with Gasteiger partial charge in [0.2, 0.25) is 5.91 Å². The van der Waals surface area contributed by atoms with Gasteiger partial charge >= 0.3 is 5.97 Å². The summed E-state index contributed by atoms with van der Waals surface area (Å²) < 4.78 is 10.5. The number of rotatable bonds is 8. The van der Waals surface area contributed by atoms with Gasteiger partial charge in [-0.25, -0.2) is 0 Å². The van der Waals surface area contributed by atoms with Crippen molar-refractivity contribution < 1.29 is 24.2 Å². The number of ether oxygens (including phenoxy) is 2. The SMILES string of the molecule is COc1ccc(CCCC(=O)NC2CCC(C(=O)O)CC2)c(OC)c1. The highest BCUT2D eigenvalue weighted by molar-refractivity contribution is 5.76. The second kappa shape index (κ2) is 9.30. The molecule has 1 aromatic carbocycles. The second-order valence-electron chi connectivity index (χ2n) is 6.49. The standard InChI is InChI=1S/C19H27NO5/c1-24-16-11-8-13(17(12-16)25-2)4-3-5-18(21)20-15-9-6-14(7-10-15)19(22)23/h8,11-12,14-15H,3-7,9-10H2,1-2H3,(H,20,21)(H,22,23). The number of amides is 1. The molecule has 1 aromatic rings. The highest BCUT2D eigenvalue weighted by Crippen LogP contribution is 2.26. The summed E-state index contributed by atoms with van der Waals surface area (Å²) >= 11 is 0. The van der Waals surface area contributed by atoms with Crippen molar-refractivity contribution in [3.63, 3.8) is 0 Å². The topological polar surface area (TPSA) is 84.9 Å². The number of carboxylic acids is 1. The number of benzene rings is 1. The summed E-state index contributed by atoms with van der Waals surface area (Å²) in [5.41, 5.74) is 1.05. The molecule has 1 fully saturated rings. The van der Waals surface area contributed by atoms with Gasteiger partial charge in [0, 0.05) is 18.5 Å². The summed E-state index contributed by atoms with van der Waals surface area (Å²) in [6.07, 6.45) is 4.72. The number of carbonyl (C=O) groups is 2. The van der Waals surface area contributed by atoms with Crippen molar-refractivity contribution in [1.29, 1.82) is 0 Å². The molecule has 0 spiro atoms. The molecule has 0 radical (unpaired) electrons. The number of carboxylic acid groups (broad SMARTS) is 1. The fourth-order valence-corrected chi connectivity index (χ4v) is 3.28. The summed E-state index contributed by atoms with van der Waals surface area (Å²) in [5, 5.41) is 12.0. The smallest absolute Gasteiger partial charge is 0.306 e. The molecule has 1 aliphatic carbocycles. The number of hydrogen-bond donors (Lipinski definition) is 2. The Morgan fingerprint density at radius 1 is 1.16 bits per heavy atom.